The summed E-state index contributed by atoms with van der Waals surface area (Å²) in [6, 6.07) is 0. The second-order valence-corrected chi connectivity index (χ2v) is 3.83. The van der Waals surface area contributed by atoms with Crippen molar-refractivity contribution < 1.29 is 10.0 Å². The van der Waals surface area contributed by atoms with Gasteiger partial charge in [-0.05, 0) is 19.3 Å². The summed E-state index contributed by atoms with van der Waals surface area (Å²) in [6.45, 7) is 3.67. The van der Waals surface area contributed by atoms with Gasteiger partial charge in [0, 0.05) is 18.6 Å². The zero-order valence-electron chi connectivity index (χ0n) is 9.45. The lowest BCUT2D eigenvalue weighted by molar-refractivity contribution is 0.424. The molecule has 0 fully saturated rings. The molecule has 2 aromatic heterocycles. The van der Waals surface area contributed by atoms with Crippen LogP contribution in [0.4, 0.5) is 0 Å². The maximum atomic E-state index is 9.16. The van der Waals surface area contributed by atoms with Crippen molar-refractivity contribution in [1.82, 2.24) is 14.4 Å². The van der Waals surface area contributed by atoms with Crippen molar-refractivity contribution in [2.24, 2.45) is 0 Å². The highest BCUT2D eigenvalue weighted by atomic mass is 16.4. The molecule has 17 heavy (non-hydrogen) atoms. The van der Waals surface area contributed by atoms with Gasteiger partial charge in [-0.3, -0.25) is 4.98 Å². The van der Waals surface area contributed by atoms with Gasteiger partial charge >= 0.3 is 7.12 Å². The Bertz CT molecular complexity index is 524. The van der Waals surface area contributed by atoms with Crippen molar-refractivity contribution in [3.63, 3.8) is 0 Å². The molecule has 0 spiro atoms. The van der Waals surface area contributed by atoms with E-state index in [9.17, 15) is 0 Å². The summed E-state index contributed by atoms with van der Waals surface area (Å²) in [5, 5.41) is 18.3. The second kappa shape index (κ2) is 5.12. The van der Waals surface area contributed by atoms with Gasteiger partial charge in [-0.25, -0.2) is 4.98 Å². The molecule has 0 aliphatic heterocycles. The van der Waals surface area contributed by atoms with Crippen molar-refractivity contribution in [1.29, 1.82) is 0 Å². The van der Waals surface area contributed by atoms with Crippen LogP contribution in [0.25, 0.3) is 5.65 Å². The Kier molecular flexibility index (Phi) is 3.56. The lowest BCUT2D eigenvalue weighted by atomic mass is 9.86. The maximum absolute atomic E-state index is 9.16. The third-order valence-electron chi connectivity index (χ3n) is 2.55. The lowest BCUT2D eigenvalue weighted by Crippen LogP contribution is -2.34. The normalized spacial score (nSPS) is 10.7. The number of fused-ring (bicyclic) bond motifs is 1. The number of allylic oxidation sites excluding steroid dienone is 1. The van der Waals surface area contributed by atoms with E-state index in [2.05, 4.69) is 16.5 Å². The molecule has 0 amide bonds. The molecule has 0 radical (unpaired) electrons. The summed E-state index contributed by atoms with van der Waals surface area (Å²) in [7, 11) is -1.56. The second-order valence-electron chi connectivity index (χ2n) is 3.83. The first-order valence-corrected chi connectivity index (χ1v) is 5.52. The number of unbranched alkanes of at least 4 members (excludes halogenated alkanes) is 1. The first-order valence-electron chi connectivity index (χ1n) is 5.52. The molecule has 5 nitrogen and oxygen atoms in total. The predicted molar refractivity (Wildman–Crippen MR) is 65.9 cm³/mol. The van der Waals surface area contributed by atoms with Crippen LogP contribution in [-0.2, 0) is 6.42 Å². The van der Waals surface area contributed by atoms with E-state index in [1.807, 2.05) is 6.08 Å². The first kappa shape index (κ1) is 11.8. The summed E-state index contributed by atoms with van der Waals surface area (Å²) in [5.41, 5.74) is 1.78. The molecule has 2 N–H and O–H groups in total. The van der Waals surface area contributed by atoms with Crippen molar-refractivity contribution >= 4 is 18.4 Å². The fraction of sp³-hybridized carbons (Fsp3) is 0.273. The number of aromatic nitrogens is 3. The molecule has 0 saturated heterocycles. The van der Waals surface area contributed by atoms with Gasteiger partial charge in [0.1, 0.15) is 0 Å². The molecular weight excluding hydrogens is 217 g/mol. The summed E-state index contributed by atoms with van der Waals surface area (Å²) in [6.07, 6.45) is 9.43. The van der Waals surface area contributed by atoms with Crippen LogP contribution in [0.15, 0.2) is 31.2 Å². The van der Waals surface area contributed by atoms with Crippen LogP contribution in [0.2, 0.25) is 0 Å². The highest BCUT2D eigenvalue weighted by Crippen LogP contribution is 2.08. The molecule has 0 aliphatic carbocycles. The molecule has 2 heterocycles. The molecule has 0 unspecified atom stereocenters. The summed E-state index contributed by atoms with van der Waals surface area (Å²) < 4.78 is 1.75. The van der Waals surface area contributed by atoms with Crippen LogP contribution in [0.5, 0.6) is 0 Å². The molecule has 0 aliphatic rings. The molecule has 0 aromatic carbocycles. The minimum atomic E-state index is -1.56. The fourth-order valence-electron chi connectivity index (χ4n) is 1.72. The summed E-state index contributed by atoms with van der Waals surface area (Å²) in [4.78, 5) is 8.44. The van der Waals surface area contributed by atoms with Crippen LogP contribution < -0.4 is 5.59 Å². The quantitative estimate of drug-likeness (QED) is 0.429. The Balaban J connectivity index is 2.36. The summed E-state index contributed by atoms with van der Waals surface area (Å²) >= 11 is 0. The molecule has 2 rings (SSSR count). The van der Waals surface area contributed by atoms with Crippen LogP contribution in [-0.4, -0.2) is 31.5 Å². The third-order valence-corrected chi connectivity index (χ3v) is 2.55. The highest BCUT2D eigenvalue weighted by Gasteiger charge is 2.16. The number of imidazole rings is 1. The van der Waals surface area contributed by atoms with Crippen LogP contribution in [0.3, 0.4) is 0 Å². The van der Waals surface area contributed by atoms with Gasteiger partial charge < -0.3 is 14.4 Å². The molecule has 0 saturated carbocycles. The number of hydrogen-bond acceptors (Lipinski definition) is 4. The van der Waals surface area contributed by atoms with E-state index in [4.69, 9.17) is 10.0 Å². The molecule has 0 bridgehead atoms. The molecule has 88 valence electrons. The smallest absolute Gasteiger partial charge is 0.422 e. The minimum absolute atomic E-state index is 0.240. The van der Waals surface area contributed by atoms with Gasteiger partial charge in [0.15, 0.2) is 5.65 Å². The van der Waals surface area contributed by atoms with Crippen molar-refractivity contribution in [2.75, 3.05) is 0 Å². The van der Waals surface area contributed by atoms with Crippen LogP contribution in [0.1, 0.15) is 18.5 Å². The number of aryl methyl sites for hydroxylation is 1. The van der Waals surface area contributed by atoms with Gasteiger partial charge in [0.2, 0.25) is 0 Å². The zero-order chi connectivity index (χ0) is 12.3. The van der Waals surface area contributed by atoms with Crippen LogP contribution >= 0.6 is 0 Å². The zero-order valence-corrected chi connectivity index (χ0v) is 9.45. The Morgan fingerprint density at radius 1 is 1.47 bits per heavy atom. The first-order chi connectivity index (χ1) is 8.22. The Morgan fingerprint density at radius 3 is 3.00 bits per heavy atom. The van der Waals surface area contributed by atoms with Gasteiger partial charge in [0.05, 0.1) is 11.3 Å². The number of hydrogen-bond donors (Lipinski definition) is 2. The van der Waals surface area contributed by atoms with Gasteiger partial charge in [0.25, 0.3) is 0 Å². The fourth-order valence-corrected chi connectivity index (χ4v) is 1.72. The van der Waals surface area contributed by atoms with E-state index in [1.54, 1.807) is 23.0 Å². The minimum Gasteiger partial charge on any atom is -0.422 e. The van der Waals surface area contributed by atoms with Crippen molar-refractivity contribution in [3.05, 3.63) is 36.9 Å². The third kappa shape index (κ3) is 2.54. The largest absolute Gasteiger partial charge is 0.509 e. The van der Waals surface area contributed by atoms with Gasteiger partial charge in [-0.15, -0.1) is 6.58 Å². The van der Waals surface area contributed by atoms with E-state index < -0.39 is 7.12 Å². The Morgan fingerprint density at radius 2 is 2.29 bits per heavy atom. The predicted octanol–water partition coefficient (Wildman–Crippen LogP) is -0.0822. The Labute approximate surface area is 99.6 Å². The van der Waals surface area contributed by atoms with Gasteiger partial charge in [-0.1, -0.05) is 6.08 Å². The number of rotatable bonds is 5. The van der Waals surface area contributed by atoms with Crippen molar-refractivity contribution in [2.45, 2.75) is 19.3 Å². The maximum Gasteiger partial charge on any atom is 0.509 e. The average molecular weight is 231 g/mol. The van der Waals surface area contributed by atoms with E-state index in [0.717, 1.165) is 30.6 Å². The average Bonchev–Trinajstić information content (AvgIpc) is 2.77. The van der Waals surface area contributed by atoms with Crippen molar-refractivity contribution in [3.8, 4) is 0 Å². The molecule has 6 heteroatoms. The van der Waals surface area contributed by atoms with E-state index in [0.29, 0.717) is 0 Å². The lowest BCUT2D eigenvalue weighted by Gasteiger charge is -2.06. The monoisotopic (exact) mass is 231 g/mol. The van der Waals surface area contributed by atoms with Gasteiger partial charge in [-0.2, -0.15) is 0 Å². The molecular formula is C11H14BN3O2. The van der Waals surface area contributed by atoms with E-state index in [1.165, 1.54) is 0 Å². The highest BCUT2D eigenvalue weighted by molar-refractivity contribution is 6.57. The van der Waals surface area contributed by atoms with E-state index in [-0.39, 0.29) is 5.59 Å². The summed E-state index contributed by atoms with van der Waals surface area (Å²) in [5.74, 6) is 0. The molecule has 2 aromatic rings. The van der Waals surface area contributed by atoms with E-state index >= 15 is 0 Å². The number of nitrogens with zero attached hydrogens (tertiary/aromatic N) is 3. The Hall–Kier alpha value is -1.66. The SMILES string of the molecule is C=CCCCc1nc(B(O)O)cn2ccnc12. The topological polar surface area (TPSA) is 70.7 Å². The molecule has 0 atom stereocenters. The standard InChI is InChI=1S/C11H14BN3O2/c1-2-3-4-5-9-11-13-6-7-15(11)8-10(14-9)12(16)17/h2,6-8,16-17H,1,3-5H2. The van der Waals surface area contributed by atoms with Crippen LogP contribution in [0, 0.1) is 0 Å².